The number of benzene rings is 1. The number of halogens is 2. The molecule has 0 bridgehead atoms. The molecular formula is C11H8F2N4O3. The summed E-state index contributed by atoms with van der Waals surface area (Å²) in [6.07, 6.45) is 2.98. The monoisotopic (exact) mass is 282 g/mol. The topological polar surface area (TPSA) is 101 Å². The zero-order valence-corrected chi connectivity index (χ0v) is 9.89. The van der Waals surface area contributed by atoms with Crippen LogP contribution in [0.2, 0.25) is 0 Å². The maximum Gasteiger partial charge on any atom is 0.308 e. The van der Waals surface area contributed by atoms with Crippen LogP contribution in [0, 0.1) is 21.7 Å². The molecule has 0 aliphatic rings. The van der Waals surface area contributed by atoms with Crippen LogP contribution >= 0.6 is 0 Å². The SMILES string of the molecule is O=C(NCc1ncc[nH]1)c1cc(F)cc([N+](=O)[O-])c1F. The second-order valence-electron chi connectivity index (χ2n) is 3.76. The number of nitro groups is 1. The van der Waals surface area contributed by atoms with Crippen molar-refractivity contribution in [2.45, 2.75) is 6.54 Å². The van der Waals surface area contributed by atoms with Crippen molar-refractivity contribution in [2.24, 2.45) is 0 Å². The summed E-state index contributed by atoms with van der Waals surface area (Å²) in [5.41, 5.74) is -1.82. The Morgan fingerprint density at radius 3 is 2.80 bits per heavy atom. The summed E-state index contributed by atoms with van der Waals surface area (Å²) in [5.74, 6) is -3.01. The van der Waals surface area contributed by atoms with E-state index in [0.29, 0.717) is 18.0 Å². The van der Waals surface area contributed by atoms with Crippen molar-refractivity contribution in [3.8, 4) is 0 Å². The molecule has 104 valence electrons. The van der Waals surface area contributed by atoms with Crippen LogP contribution in [0.5, 0.6) is 0 Å². The van der Waals surface area contributed by atoms with Crippen molar-refractivity contribution in [1.82, 2.24) is 15.3 Å². The summed E-state index contributed by atoms with van der Waals surface area (Å²) in [7, 11) is 0. The van der Waals surface area contributed by atoms with E-state index < -0.39 is 33.7 Å². The van der Waals surface area contributed by atoms with Crippen molar-refractivity contribution in [1.29, 1.82) is 0 Å². The van der Waals surface area contributed by atoms with Gasteiger partial charge in [-0.2, -0.15) is 4.39 Å². The number of nitro benzene ring substituents is 1. The second-order valence-corrected chi connectivity index (χ2v) is 3.76. The highest BCUT2D eigenvalue weighted by Gasteiger charge is 2.24. The average Bonchev–Trinajstić information content (AvgIpc) is 2.91. The van der Waals surface area contributed by atoms with E-state index in [1.165, 1.54) is 12.4 Å². The molecule has 0 spiro atoms. The smallest absolute Gasteiger partial charge is 0.308 e. The number of aromatic amines is 1. The summed E-state index contributed by atoms with van der Waals surface area (Å²) in [5, 5.41) is 12.8. The molecule has 0 fully saturated rings. The van der Waals surface area contributed by atoms with Gasteiger partial charge in [-0.05, 0) is 6.07 Å². The first kappa shape index (κ1) is 13.6. The zero-order chi connectivity index (χ0) is 14.7. The fraction of sp³-hybridized carbons (Fsp3) is 0.0909. The number of imidazole rings is 1. The third-order valence-electron chi connectivity index (χ3n) is 2.43. The third-order valence-corrected chi connectivity index (χ3v) is 2.43. The number of carbonyl (C=O) groups excluding carboxylic acids is 1. The van der Waals surface area contributed by atoms with Gasteiger partial charge in [0.15, 0.2) is 0 Å². The first-order chi connectivity index (χ1) is 9.49. The minimum atomic E-state index is -1.38. The van der Waals surface area contributed by atoms with Gasteiger partial charge in [0.25, 0.3) is 5.91 Å². The van der Waals surface area contributed by atoms with E-state index in [4.69, 9.17) is 0 Å². The lowest BCUT2D eigenvalue weighted by Gasteiger charge is -2.05. The summed E-state index contributed by atoms with van der Waals surface area (Å²) in [4.78, 5) is 27.7. The lowest BCUT2D eigenvalue weighted by atomic mass is 10.1. The number of H-pyrrole nitrogens is 1. The van der Waals surface area contributed by atoms with Gasteiger partial charge in [0.1, 0.15) is 11.6 Å². The van der Waals surface area contributed by atoms with E-state index >= 15 is 0 Å². The highest BCUT2D eigenvalue weighted by molar-refractivity contribution is 5.95. The average molecular weight is 282 g/mol. The molecule has 2 N–H and O–H groups in total. The molecule has 0 aliphatic heterocycles. The van der Waals surface area contributed by atoms with Crippen LogP contribution < -0.4 is 5.32 Å². The number of nitrogens with one attached hydrogen (secondary N) is 2. The Bertz CT molecular complexity index is 658. The number of carbonyl (C=O) groups is 1. The van der Waals surface area contributed by atoms with Crippen LogP contribution in [0.3, 0.4) is 0 Å². The minimum Gasteiger partial charge on any atom is -0.347 e. The molecule has 7 nitrogen and oxygen atoms in total. The Morgan fingerprint density at radius 2 is 2.20 bits per heavy atom. The molecule has 0 saturated carbocycles. The standard InChI is InChI=1S/C11H8F2N4O3/c12-6-3-7(10(13)8(4-6)17(19)20)11(18)16-5-9-14-1-2-15-9/h1-4H,5H2,(H,14,15)(H,16,18). The highest BCUT2D eigenvalue weighted by atomic mass is 19.1. The predicted octanol–water partition coefficient (Wildman–Crippen LogP) is 1.53. The lowest BCUT2D eigenvalue weighted by molar-refractivity contribution is -0.387. The number of rotatable bonds is 4. The highest BCUT2D eigenvalue weighted by Crippen LogP contribution is 2.22. The molecule has 1 aromatic heterocycles. The Morgan fingerprint density at radius 1 is 1.45 bits per heavy atom. The summed E-state index contributed by atoms with van der Waals surface area (Å²) < 4.78 is 26.9. The molecule has 0 aliphatic carbocycles. The van der Waals surface area contributed by atoms with Crippen molar-refractivity contribution >= 4 is 11.6 Å². The lowest BCUT2D eigenvalue weighted by Crippen LogP contribution is -2.25. The van der Waals surface area contributed by atoms with Gasteiger partial charge in [0.2, 0.25) is 5.82 Å². The summed E-state index contributed by atoms with van der Waals surface area (Å²) in [6, 6.07) is 1.01. The van der Waals surface area contributed by atoms with Gasteiger partial charge >= 0.3 is 5.69 Å². The summed E-state index contributed by atoms with van der Waals surface area (Å²) in [6.45, 7) is -0.0460. The Balaban J connectivity index is 2.23. The summed E-state index contributed by atoms with van der Waals surface area (Å²) >= 11 is 0. The second kappa shape index (κ2) is 5.43. The number of hydrogen-bond acceptors (Lipinski definition) is 4. The molecule has 0 radical (unpaired) electrons. The van der Waals surface area contributed by atoms with Gasteiger partial charge in [-0.1, -0.05) is 0 Å². The first-order valence-corrected chi connectivity index (χ1v) is 5.39. The molecule has 1 aromatic carbocycles. The Kier molecular flexibility index (Phi) is 3.69. The van der Waals surface area contributed by atoms with Gasteiger partial charge in [-0.3, -0.25) is 14.9 Å². The number of hydrogen-bond donors (Lipinski definition) is 2. The van der Waals surface area contributed by atoms with Crippen molar-refractivity contribution in [3.05, 3.63) is 57.7 Å². The van der Waals surface area contributed by atoms with Crippen molar-refractivity contribution in [2.75, 3.05) is 0 Å². The minimum absolute atomic E-state index is 0.0460. The molecule has 2 aromatic rings. The van der Waals surface area contributed by atoms with Crippen molar-refractivity contribution in [3.63, 3.8) is 0 Å². The Labute approximate surface area is 110 Å². The number of aromatic nitrogens is 2. The molecule has 0 unspecified atom stereocenters. The molecule has 20 heavy (non-hydrogen) atoms. The first-order valence-electron chi connectivity index (χ1n) is 5.39. The molecule has 2 rings (SSSR count). The van der Waals surface area contributed by atoms with Gasteiger partial charge in [-0.15, -0.1) is 0 Å². The van der Waals surface area contributed by atoms with Crippen LogP contribution in [0.25, 0.3) is 0 Å². The molecule has 0 saturated heterocycles. The van der Waals surface area contributed by atoms with Gasteiger partial charge in [0.05, 0.1) is 23.1 Å². The maximum atomic E-state index is 13.7. The van der Waals surface area contributed by atoms with Gasteiger partial charge in [0, 0.05) is 12.4 Å². The van der Waals surface area contributed by atoms with E-state index in [-0.39, 0.29) is 6.54 Å². The van der Waals surface area contributed by atoms with Crippen LogP contribution in [0.1, 0.15) is 16.2 Å². The fourth-order valence-corrected chi connectivity index (χ4v) is 1.53. The number of amides is 1. The van der Waals surface area contributed by atoms with Crippen molar-refractivity contribution < 1.29 is 18.5 Å². The molecule has 9 heteroatoms. The quantitative estimate of drug-likeness (QED) is 0.655. The van der Waals surface area contributed by atoms with Gasteiger partial charge < -0.3 is 10.3 Å². The van der Waals surface area contributed by atoms with Gasteiger partial charge in [-0.25, -0.2) is 9.37 Å². The normalized spacial score (nSPS) is 10.3. The Hall–Kier alpha value is -2.84. The van der Waals surface area contributed by atoms with E-state index in [2.05, 4.69) is 15.3 Å². The van der Waals surface area contributed by atoms with E-state index in [1.807, 2.05) is 0 Å². The van der Waals surface area contributed by atoms with E-state index in [9.17, 15) is 23.7 Å². The predicted molar refractivity (Wildman–Crippen MR) is 62.8 cm³/mol. The van der Waals surface area contributed by atoms with Crippen LogP contribution in [-0.2, 0) is 6.54 Å². The third kappa shape index (κ3) is 2.76. The molecular weight excluding hydrogens is 274 g/mol. The van der Waals surface area contributed by atoms with Crippen LogP contribution in [-0.4, -0.2) is 20.8 Å². The van der Waals surface area contributed by atoms with E-state index in [1.54, 1.807) is 0 Å². The molecule has 1 amide bonds. The van der Waals surface area contributed by atoms with Crippen LogP contribution in [0.4, 0.5) is 14.5 Å². The fourth-order valence-electron chi connectivity index (χ4n) is 1.53. The maximum absolute atomic E-state index is 13.7. The molecule has 0 atom stereocenters. The van der Waals surface area contributed by atoms with E-state index in [0.717, 1.165) is 0 Å². The largest absolute Gasteiger partial charge is 0.347 e. The number of nitrogens with zero attached hydrogens (tertiary/aromatic N) is 2. The molecule has 1 heterocycles. The van der Waals surface area contributed by atoms with Crippen LogP contribution in [0.15, 0.2) is 24.5 Å². The zero-order valence-electron chi connectivity index (χ0n) is 9.89.